The van der Waals surface area contributed by atoms with Gasteiger partial charge in [-0.1, -0.05) is 20.8 Å². The van der Waals surface area contributed by atoms with E-state index in [1.54, 1.807) is 6.92 Å². The number of carboxylic acid groups (broad SMARTS) is 1. The number of aliphatic hydroxyl groups is 2. The predicted molar refractivity (Wildman–Crippen MR) is 55.2 cm³/mol. The summed E-state index contributed by atoms with van der Waals surface area (Å²) in [5.74, 6) is -1.86. The lowest BCUT2D eigenvalue weighted by Gasteiger charge is -2.42. The van der Waals surface area contributed by atoms with Crippen molar-refractivity contribution in [2.24, 2.45) is 23.7 Å². The molecule has 0 aromatic rings. The van der Waals surface area contributed by atoms with E-state index in [0.29, 0.717) is 6.42 Å². The van der Waals surface area contributed by atoms with Gasteiger partial charge in [0.1, 0.15) is 0 Å². The zero-order valence-electron chi connectivity index (χ0n) is 9.42. The Morgan fingerprint density at radius 1 is 1.27 bits per heavy atom. The van der Waals surface area contributed by atoms with Crippen LogP contribution < -0.4 is 0 Å². The van der Waals surface area contributed by atoms with Crippen LogP contribution in [-0.4, -0.2) is 33.5 Å². The fraction of sp³-hybridized carbons (Fsp3) is 0.909. The number of carboxylic acids is 1. The highest BCUT2D eigenvalue weighted by molar-refractivity contribution is 5.70. The van der Waals surface area contributed by atoms with Crippen LogP contribution in [0.1, 0.15) is 27.2 Å². The quantitative estimate of drug-likeness (QED) is 0.635. The molecule has 3 N–H and O–H groups in total. The molecule has 1 saturated carbocycles. The van der Waals surface area contributed by atoms with Crippen LogP contribution in [0.3, 0.4) is 0 Å². The molecule has 1 fully saturated rings. The van der Waals surface area contributed by atoms with E-state index in [1.165, 1.54) is 0 Å². The molecule has 0 saturated heterocycles. The lowest BCUT2D eigenvalue weighted by Crippen LogP contribution is -2.50. The van der Waals surface area contributed by atoms with Crippen molar-refractivity contribution in [1.82, 2.24) is 0 Å². The lowest BCUT2D eigenvalue weighted by molar-refractivity contribution is -0.159. The van der Waals surface area contributed by atoms with Crippen molar-refractivity contribution in [3.8, 4) is 0 Å². The van der Waals surface area contributed by atoms with E-state index in [-0.39, 0.29) is 17.8 Å². The van der Waals surface area contributed by atoms with E-state index in [2.05, 4.69) is 0 Å². The average molecular weight is 216 g/mol. The van der Waals surface area contributed by atoms with Crippen molar-refractivity contribution >= 4 is 5.97 Å². The molecule has 0 amide bonds. The van der Waals surface area contributed by atoms with E-state index in [0.717, 1.165) is 0 Å². The Kier molecular flexibility index (Phi) is 3.73. The monoisotopic (exact) mass is 216 g/mol. The van der Waals surface area contributed by atoms with Gasteiger partial charge >= 0.3 is 5.97 Å². The minimum absolute atomic E-state index is 0.0586. The fourth-order valence-corrected chi connectivity index (χ4v) is 2.62. The van der Waals surface area contributed by atoms with Crippen LogP contribution in [0.15, 0.2) is 0 Å². The summed E-state index contributed by atoms with van der Waals surface area (Å²) in [4.78, 5) is 11.1. The van der Waals surface area contributed by atoms with E-state index in [4.69, 9.17) is 5.11 Å². The summed E-state index contributed by atoms with van der Waals surface area (Å²) in [5.41, 5.74) is 0. The molecule has 5 atom stereocenters. The van der Waals surface area contributed by atoms with Gasteiger partial charge in [0, 0.05) is 5.92 Å². The third kappa shape index (κ3) is 2.32. The van der Waals surface area contributed by atoms with E-state index >= 15 is 0 Å². The van der Waals surface area contributed by atoms with E-state index in [1.807, 2.05) is 13.8 Å². The molecule has 0 spiro atoms. The van der Waals surface area contributed by atoms with Crippen LogP contribution in [-0.2, 0) is 4.79 Å². The van der Waals surface area contributed by atoms with Crippen molar-refractivity contribution < 1.29 is 20.1 Å². The molecule has 15 heavy (non-hydrogen) atoms. The average Bonchev–Trinajstić information content (AvgIpc) is 2.12. The largest absolute Gasteiger partial charge is 0.481 e. The minimum Gasteiger partial charge on any atom is -0.481 e. The number of aliphatic carboxylic acids is 1. The maximum atomic E-state index is 11.1. The van der Waals surface area contributed by atoms with Gasteiger partial charge in [-0.05, 0) is 18.3 Å². The first kappa shape index (κ1) is 12.5. The summed E-state index contributed by atoms with van der Waals surface area (Å²) in [6.45, 7) is 5.54. The zero-order valence-corrected chi connectivity index (χ0v) is 9.42. The maximum Gasteiger partial charge on any atom is 0.306 e. The highest BCUT2D eigenvalue weighted by Gasteiger charge is 2.45. The normalized spacial score (nSPS) is 41.9. The second-order valence-corrected chi connectivity index (χ2v) is 4.96. The molecule has 4 heteroatoms. The van der Waals surface area contributed by atoms with Crippen molar-refractivity contribution in [2.45, 2.75) is 39.4 Å². The molecular formula is C11H20O4. The first-order valence-electron chi connectivity index (χ1n) is 5.45. The molecule has 0 aromatic carbocycles. The molecule has 1 aliphatic rings. The maximum absolute atomic E-state index is 11.1. The smallest absolute Gasteiger partial charge is 0.306 e. The van der Waals surface area contributed by atoms with Gasteiger partial charge in [0.25, 0.3) is 0 Å². The molecule has 5 unspecified atom stereocenters. The SMILES string of the molecule is CC(C)C1C(C(=O)O)CC(C)C(O)C1O. The summed E-state index contributed by atoms with van der Waals surface area (Å²) in [5, 5.41) is 28.7. The molecule has 0 bridgehead atoms. The molecular weight excluding hydrogens is 196 g/mol. The van der Waals surface area contributed by atoms with Crippen LogP contribution in [0.2, 0.25) is 0 Å². The van der Waals surface area contributed by atoms with Gasteiger partial charge in [0.2, 0.25) is 0 Å². The Labute approximate surface area is 89.9 Å². The summed E-state index contributed by atoms with van der Waals surface area (Å²) in [6, 6.07) is 0. The van der Waals surface area contributed by atoms with Crippen molar-refractivity contribution in [3.63, 3.8) is 0 Å². The second-order valence-electron chi connectivity index (χ2n) is 4.96. The van der Waals surface area contributed by atoms with Gasteiger partial charge in [-0.15, -0.1) is 0 Å². The molecule has 88 valence electrons. The standard InChI is InChI=1S/C11H20O4/c1-5(2)8-7(11(14)15)4-6(3)9(12)10(8)13/h5-10,12-13H,4H2,1-3H3,(H,14,15). The van der Waals surface area contributed by atoms with Crippen molar-refractivity contribution in [2.75, 3.05) is 0 Å². The first-order valence-corrected chi connectivity index (χ1v) is 5.45. The second kappa shape index (κ2) is 4.49. The Morgan fingerprint density at radius 3 is 2.20 bits per heavy atom. The van der Waals surface area contributed by atoms with Crippen LogP contribution in [0.25, 0.3) is 0 Å². The summed E-state index contributed by atoms with van der Waals surface area (Å²) in [7, 11) is 0. The highest BCUT2D eigenvalue weighted by atomic mass is 16.4. The third-order valence-electron chi connectivity index (χ3n) is 3.50. The molecule has 0 aliphatic heterocycles. The van der Waals surface area contributed by atoms with E-state index < -0.39 is 24.1 Å². The molecule has 1 aliphatic carbocycles. The zero-order chi connectivity index (χ0) is 11.7. The number of carbonyl (C=O) groups is 1. The van der Waals surface area contributed by atoms with Crippen LogP contribution >= 0.6 is 0 Å². The Balaban J connectivity index is 2.91. The fourth-order valence-electron chi connectivity index (χ4n) is 2.62. The lowest BCUT2D eigenvalue weighted by atomic mass is 9.67. The van der Waals surface area contributed by atoms with Gasteiger partial charge in [0.05, 0.1) is 18.1 Å². The third-order valence-corrected chi connectivity index (χ3v) is 3.50. The summed E-state index contributed by atoms with van der Waals surface area (Å²) in [6.07, 6.45) is -1.28. The molecule has 0 aromatic heterocycles. The van der Waals surface area contributed by atoms with Crippen LogP contribution in [0, 0.1) is 23.7 Å². The number of rotatable bonds is 2. The van der Waals surface area contributed by atoms with Crippen LogP contribution in [0.4, 0.5) is 0 Å². The molecule has 0 heterocycles. The van der Waals surface area contributed by atoms with Gasteiger partial charge in [-0.3, -0.25) is 4.79 Å². The Bertz CT molecular complexity index is 239. The van der Waals surface area contributed by atoms with E-state index in [9.17, 15) is 15.0 Å². The van der Waals surface area contributed by atoms with Gasteiger partial charge in [-0.25, -0.2) is 0 Å². The molecule has 4 nitrogen and oxygen atoms in total. The van der Waals surface area contributed by atoms with Crippen LogP contribution in [0.5, 0.6) is 0 Å². The summed E-state index contributed by atoms with van der Waals surface area (Å²) >= 11 is 0. The van der Waals surface area contributed by atoms with Gasteiger partial charge in [-0.2, -0.15) is 0 Å². The van der Waals surface area contributed by atoms with Gasteiger partial charge < -0.3 is 15.3 Å². The number of aliphatic hydroxyl groups excluding tert-OH is 2. The molecule has 0 radical (unpaired) electrons. The summed E-state index contributed by atoms with van der Waals surface area (Å²) < 4.78 is 0. The Hall–Kier alpha value is -0.610. The topological polar surface area (TPSA) is 77.8 Å². The first-order chi connectivity index (χ1) is 6.86. The predicted octanol–water partition coefficient (Wildman–Crippen LogP) is 0.721. The highest BCUT2D eigenvalue weighted by Crippen LogP contribution is 2.38. The Morgan fingerprint density at radius 2 is 1.80 bits per heavy atom. The van der Waals surface area contributed by atoms with Gasteiger partial charge in [0.15, 0.2) is 0 Å². The number of hydrogen-bond acceptors (Lipinski definition) is 3. The van der Waals surface area contributed by atoms with Crippen molar-refractivity contribution in [1.29, 1.82) is 0 Å². The minimum atomic E-state index is -0.921. The number of hydrogen-bond donors (Lipinski definition) is 3. The van der Waals surface area contributed by atoms with Crippen molar-refractivity contribution in [3.05, 3.63) is 0 Å². The molecule has 1 rings (SSSR count).